The molecule has 0 saturated heterocycles. The Hall–Kier alpha value is -2.45. The summed E-state index contributed by atoms with van der Waals surface area (Å²) in [5.41, 5.74) is 0.286. The topological polar surface area (TPSA) is 96.4 Å². The number of nitrogens with one attached hydrogen (secondary N) is 1. The van der Waals surface area contributed by atoms with Crippen molar-refractivity contribution >= 4 is 43.2 Å². The van der Waals surface area contributed by atoms with Crippen LogP contribution in [0.4, 0.5) is 5.82 Å². The van der Waals surface area contributed by atoms with Gasteiger partial charge in [-0.25, -0.2) is 13.4 Å². The van der Waals surface area contributed by atoms with Gasteiger partial charge in [-0.2, -0.15) is 0 Å². The number of carboxylic acids is 1. The van der Waals surface area contributed by atoms with Gasteiger partial charge in [-0.15, -0.1) is 11.3 Å². The second-order valence-corrected chi connectivity index (χ2v) is 7.79. The number of rotatable bonds is 5. The van der Waals surface area contributed by atoms with Gasteiger partial charge in [-0.1, -0.05) is 24.3 Å². The molecule has 3 aromatic rings. The van der Waals surface area contributed by atoms with Gasteiger partial charge in [0.25, 0.3) is 10.0 Å². The summed E-state index contributed by atoms with van der Waals surface area (Å²) in [6.45, 7) is 0. The molecule has 2 heterocycles. The lowest BCUT2D eigenvalue weighted by Gasteiger charge is -2.06. The van der Waals surface area contributed by atoms with Gasteiger partial charge in [-0.05, 0) is 29.7 Å². The van der Waals surface area contributed by atoms with Crippen LogP contribution in [0.25, 0.3) is 10.1 Å². The fraction of sp³-hybridized carbons (Fsp3) is 0.0667. The van der Waals surface area contributed by atoms with Gasteiger partial charge in [0, 0.05) is 4.70 Å². The average Bonchev–Trinajstić information content (AvgIpc) is 2.91. The molecule has 0 unspecified atom stereocenters. The fourth-order valence-electron chi connectivity index (χ4n) is 2.07. The highest BCUT2D eigenvalue weighted by molar-refractivity contribution is 7.94. The van der Waals surface area contributed by atoms with E-state index in [0.29, 0.717) is 0 Å². The minimum absolute atomic E-state index is 0.0983. The third-order valence-electron chi connectivity index (χ3n) is 3.05. The molecule has 0 aliphatic rings. The first-order chi connectivity index (χ1) is 10.9. The molecule has 2 aromatic heterocycles. The number of hydrogen-bond acceptors (Lipinski definition) is 5. The van der Waals surface area contributed by atoms with Crippen LogP contribution in [0.2, 0.25) is 0 Å². The number of carbonyl (C=O) groups is 1. The highest BCUT2D eigenvalue weighted by Gasteiger charge is 2.18. The summed E-state index contributed by atoms with van der Waals surface area (Å²) in [5, 5.41) is 9.62. The van der Waals surface area contributed by atoms with Gasteiger partial charge in [0.1, 0.15) is 10.0 Å². The molecule has 0 saturated carbocycles. The van der Waals surface area contributed by atoms with Gasteiger partial charge in [0.05, 0.1) is 12.1 Å². The molecule has 0 amide bonds. The summed E-state index contributed by atoms with van der Waals surface area (Å²) in [6.07, 6.45) is -0.265. The molecular formula is C15H12N2O4S2. The number of carboxylic acid groups (broad SMARTS) is 1. The van der Waals surface area contributed by atoms with Crippen LogP contribution in [0.5, 0.6) is 0 Å². The van der Waals surface area contributed by atoms with Gasteiger partial charge >= 0.3 is 5.97 Å². The van der Waals surface area contributed by atoms with Crippen LogP contribution in [0.3, 0.4) is 0 Å². The lowest BCUT2D eigenvalue weighted by Crippen LogP contribution is -2.13. The first-order valence-electron chi connectivity index (χ1n) is 6.63. The third kappa shape index (κ3) is 3.49. The van der Waals surface area contributed by atoms with Crippen molar-refractivity contribution in [2.24, 2.45) is 0 Å². The Balaban J connectivity index is 1.90. The largest absolute Gasteiger partial charge is 0.481 e. The van der Waals surface area contributed by atoms with Crippen LogP contribution < -0.4 is 4.72 Å². The standard InChI is InChI=1S/C15H12N2O4S2/c18-14(19)9-11-5-3-7-13(16-11)17-23(20,21)15-8-10-4-1-2-6-12(10)22-15/h1-8H,9H2,(H,16,17)(H,18,19). The van der Waals surface area contributed by atoms with Crippen molar-refractivity contribution < 1.29 is 18.3 Å². The second-order valence-electron chi connectivity index (χ2n) is 4.79. The molecule has 118 valence electrons. The van der Waals surface area contributed by atoms with Crippen LogP contribution in [-0.4, -0.2) is 24.5 Å². The van der Waals surface area contributed by atoms with Crippen LogP contribution in [0.15, 0.2) is 52.7 Å². The summed E-state index contributed by atoms with van der Waals surface area (Å²) in [7, 11) is -3.76. The van der Waals surface area contributed by atoms with E-state index in [1.807, 2.05) is 24.3 Å². The monoisotopic (exact) mass is 348 g/mol. The molecule has 0 spiro atoms. The van der Waals surface area contributed by atoms with Crippen LogP contribution in [0.1, 0.15) is 5.69 Å². The van der Waals surface area contributed by atoms with Crippen molar-refractivity contribution in [2.45, 2.75) is 10.6 Å². The van der Waals surface area contributed by atoms with Crippen molar-refractivity contribution in [3.63, 3.8) is 0 Å². The minimum atomic E-state index is -3.76. The molecule has 6 nitrogen and oxygen atoms in total. The van der Waals surface area contributed by atoms with Crippen LogP contribution >= 0.6 is 11.3 Å². The minimum Gasteiger partial charge on any atom is -0.481 e. The first kappa shape index (κ1) is 15.4. The van der Waals surface area contributed by atoms with E-state index in [1.165, 1.54) is 23.5 Å². The molecule has 8 heteroatoms. The normalized spacial score (nSPS) is 11.5. The summed E-state index contributed by atoms with van der Waals surface area (Å²) in [6, 6.07) is 13.6. The number of sulfonamides is 1. The molecule has 3 rings (SSSR count). The Morgan fingerprint density at radius 2 is 1.96 bits per heavy atom. The van der Waals surface area contributed by atoms with E-state index in [9.17, 15) is 13.2 Å². The van der Waals surface area contributed by atoms with Crippen molar-refractivity contribution in [3.8, 4) is 0 Å². The number of benzene rings is 1. The van der Waals surface area contributed by atoms with E-state index >= 15 is 0 Å². The number of pyridine rings is 1. The number of aromatic nitrogens is 1. The third-order valence-corrected chi connectivity index (χ3v) is 5.99. The second kappa shape index (κ2) is 5.98. The van der Waals surface area contributed by atoms with Gasteiger partial charge in [0.2, 0.25) is 0 Å². The Morgan fingerprint density at radius 1 is 1.17 bits per heavy atom. The number of aliphatic carboxylic acids is 1. The number of thiophene rings is 1. The summed E-state index contributed by atoms with van der Waals surface area (Å²) in [4.78, 5) is 14.7. The Labute approximate surface area is 136 Å². The van der Waals surface area contributed by atoms with Gasteiger partial charge < -0.3 is 5.11 Å². The first-order valence-corrected chi connectivity index (χ1v) is 8.93. The average molecular weight is 348 g/mol. The lowest BCUT2D eigenvalue weighted by molar-refractivity contribution is -0.136. The Bertz CT molecular complexity index is 947. The predicted octanol–water partition coefficient (Wildman–Crippen LogP) is 2.72. The summed E-state index contributed by atoms with van der Waals surface area (Å²) in [5.74, 6) is -0.928. The molecule has 0 aliphatic heterocycles. The highest BCUT2D eigenvalue weighted by Crippen LogP contribution is 2.29. The maximum absolute atomic E-state index is 12.4. The van der Waals surface area contributed by atoms with E-state index in [1.54, 1.807) is 12.1 Å². The number of fused-ring (bicyclic) bond motifs is 1. The smallest absolute Gasteiger partial charge is 0.309 e. The highest BCUT2D eigenvalue weighted by atomic mass is 32.2. The van der Waals surface area contributed by atoms with E-state index < -0.39 is 16.0 Å². The zero-order valence-electron chi connectivity index (χ0n) is 11.8. The van der Waals surface area contributed by atoms with Crippen molar-refractivity contribution in [3.05, 3.63) is 54.2 Å². The molecule has 1 aromatic carbocycles. The molecule has 2 N–H and O–H groups in total. The van der Waals surface area contributed by atoms with Gasteiger partial charge in [0.15, 0.2) is 0 Å². The van der Waals surface area contributed by atoms with Crippen molar-refractivity contribution in [1.82, 2.24) is 4.98 Å². The van der Waals surface area contributed by atoms with Crippen LogP contribution in [-0.2, 0) is 21.2 Å². The Kier molecular flexibility index (Phi) is 4.01. The predicted molar refractivity (Wildman–Crippen MR) is 88.2 cm³/mol. The van der Waals surface area contributed by atoms with Crippen LogP contribution in [0, 0.1) is 0 Å². The van der Waals surface area contributed by atoms with E-state index in [2.05, 4.69) is 9.71 Å². The zero-order valence-corrected chi connectivity index (χ0v) is 13.4. The maximum Gasteiger partial charge on any atom is 0.309 e. The maximum atomic E-state index is 12.4. The van der Waals surface area contributed by atoms with E-state index in [0.717, 1.165) is 10.1 Å². The quantitative estimate of drug-likeness (QED) is 0.739. The molecule has 0 atom stereocenters. The number of nitrogens with zero attached hydrogens (tertiary/aromatic N) is 1. The summed E-state index contributed by atoms with van der Waals surface area (Å²) < 4.78 is 28.3. The molecule has 23 heavy (non-hydrogen) atoms. The van der Waals surface area contributed by atoms with E-state index in [4.69, 9.17) is 5.11 Å². The molecule has 0 bridgehead atoms. The fourth-order valence-corrected chi connectivity index (χ4v) is 4.47. The van der Waals surface area contributed by atoms with Crippen molar-refractivity contribution in [1.29, 1.82) is 0 Å². The SMILES string of the molecule is O=C(O)Cc1cccc(NS(=O)(=O)c2cc3ccccc3s2)n1. The zero-order chi connectivity index (χ0) is 16.4. The number of anilines is 1. The molecule has 0 radical (unpaired) electrons. The number of hydrogen-bond donors (Lipinski definition) is 2. The van der Waals surface area contributed by atoms with E-state index in [-0.39, 0.29) is 22.1 Å². The molecule has 0 fully saturated rings. The van der Waals surface area contributed by atoms with Gasteiger partial charge in [-0.3, -0.25) is 9.52 Å². The Morgan fingerprint density at radius 3 is 2.70 bits per heavy atom. The lowest BCUT2D eigenvalue weighted by atomic mass is 10.3. The van der Waals surface area contributed by atoms with Crippen molar-refractivity contribution in [2.75, 3.05) is 4.72 Å². The molecular weight excluding hydrogens is 336 g/mol. The molecule has 0 aliphatic carbocycles. The summed E-state index contributed by atoms with van der Waals surface area (Å²) >= 11 is 1.17.